The van der Waals surface area contributed by atoms with Gasteiger partial charge in [0.05, 0.1) is 4.47 Å². The van der Waals surface area contributed by atoms with Gasteiger partial charge in [0, 0.05) is 19.3 Å². The molecule has 1 fully saturated rings. The normalized spacial score (nSPS) is 18.2. The fraction of sp³-hybridized carbons (Fsp3) is 0.444. The van der Waals surface area contributed by atoms with Crippen LogP contribution in [0.2, 0.25) is 0 Å². The van der Waals surface area contributed by atoms with Gasteiger partial charge in [-0.3, -0.25) is 0 Å². The molecule has 1 aromatic rings. The van der Waals surface area contributed by atoms with E-state index >= 15 is 0 Å². The van der Waals surface area contributed by atoms with E-state index in [1.807, 2.05) is 0 Å². The van der Waals surface area contributed by atoms with Crippen molar-refractivity contribution >= 4 is 26.0 Å². The van der Waals surface area contributed by atoms with E-state index in [1.54, 1.807) is 12.1 Å². The minimum Gasteiger partial charge on any atom is -0.242 e. The van der Waals surface area contributed by atoms with Gasteiger partial charge in [-0.25, -0.2) is 13.4 Å². The minimum absolute atomic E-state index is 0.118. The van der Waals surface area contributed by atoms with E-state index in [1.165, 1.54) is 10.5 Å². The minimum atomic E-state index is -3.39. The number of hydrogen-bond donors (Lipinski definition) is 0. The predicted molar refractivity (Wildman–Crippen MR) is 59.9 cm³/mol. The lowest BCUT2D eigenvalue weighted by atomic mass is 10.4. The average molecular weight is 291 g/mol. The van der Waals surface area contributed by atoms with E-state index in [0.717, 1.165) is 12.8 Å². The summed E-state index contributed by atoms with van der Waals surface area (Å²) in [6.45, 7) is 1.21. The zero-order chi connectivity index (χ0) is 10.9. The molecule has 0 amide bonds. The summed E-state index contributed by atoms with van der Waals surface area (Å²) in [5.74, 6) is 0. The molecule has 4 nitrogen and oxygen atoms in total. The van der Waals surface area contributed by atoms with E-state index in [-0.39, 0.29) is 5.03 Å². The van der Waals surface area contributed by atoms with Crippen LogP contribution < -0.4 is 0 Å². The Morgan fingerprint density at radius 1 is 1.33 bits per heavy atom. The molecule has 0 bridgehead atoms. The van der Waals surface area contributed by atoms with Crippen molar-refractivity contribution in [3.63, 3.8) is 0 Å². The molecule has 82 valence electrons. The fourth-order valence-corrected chi connectivity index (χ4v) is 3.97. The lowest BCUT2D eigenvalue weighted by Gasteiger charge is -2.15. The average Bonchev–Trinajstić information content (AvgIpc) is 2.71. The monoisotopic (exact) mass is 290 g/mol. The largest absolute Gasteiger partial charge is 0.261 e. The number of aromatic nitrogens is 1. The highest BCUT2D eigenvalue weighted by Crippen LogP contribution is 2.24. The third-order valence-electron chi connectivity index (χ3n) is 2.37. The molecular formula is C9H11BrN2O2S. The van der Waals surface area contributed by atoms with Gasteiger partial charge in [-0.05, 0) is 40.9 Å². The number of nitrogens with zero attached hydrogens (tertiary/aromatic N) is 2. The number of hydrogen-bond acceptors (Lipinski definition) is 3. The number of pyridine rings is 1. The molecule has 6 heteroatoms. The Kier molecular flexibility index (Phi) is 3.08. The molecule has 0 spiro atoms. The van der Waals surface area contributed by atoms with Crippen molar-refractivity contribution < 1.29 is 8.42 Å². The Morgan fingerprint density at radius 3 is 2.60 bits per heavy atom. The van der Waals surface area contributed by atoms with Crippen LogP contribution >= 0.6 is 15.9 Å². The second-order valence-electron chi connectivity index (χ2n) is 3.40. The van der Waals surface area contributed by atoms with Crippen LogP contribution in [0, 0.1) is 0 Å². The summed E-state index contributed by atoms with van der Waals surface area (Å²) in [4.78, 5) is 3.92. The first-order valence-corrected chi connectivity index (χ1v) is 6.96. The molecule has 0 aliphatic carbocycles. The van der Waals surface area contributed by atoms with Gasteiger partial charge in [-0.2, -0.15) is 4.31 Å². The second-order valence-corrected chi connectivity index (χ2v) is 6.11. The van der Waals surface area contributed by atoms with Gasteiger partial charge in [0.25, 0.3) is 10.0 Å². The van der Waals surface area contributed by atoms with Gasteiger partial charge in [0.2, 0.25) is 0 Å². The molecule has 1 aliphatic rings. The summed E-state index contributed by atoms with van der Waals surface area (Å²) in [6.07, 6.45) is 3.36. The quantitative estimate of drug-likeness (QED) is 0.832. The summed E-state index contributed by atoms with van der Waals surface area (Å²) in [5, 5.41) is 0.118. The fourth-order valence-electron chi connectivity index (χ4n) is 1.61. The molecule has 1 saturated heterocycles. The molecule has 15 heavy (non-hydrogen) atoms. The van der Waals surface area contributed by atoms with E-state index in [9.17, 15) is 8.42 Å². The van der Waals surface area contributed by atoms with Crippen molar-refractivity contribution in [1.29, 1.82) is 0 Å². The third-order valence-corrected chi connectivity index (χ3v) is 5.14. The summed E-state index contributed by atoms with van der Waals surface area (Å²) in [5.41, 5.74) is 0. The van der Waals surface area contributed by atoms with Crippen LogP contribution in [-0.4, -0.2) is 30.8 Å². The SMILES string of the molecule is O=S(=O)(c1ncccc1Br)N1CCCC1. The number of rotatable bonds is 2. The molecule has 1 aromatic heterocycles. The highest BCUT2D eigenvalue weighted by molar-refractivity contribution is 9.10. The van der Waals surface area contributed by atoms with Crippen molar-refractivity contribution in [3.8, 4) is 0 Å². The van der Waals surface area contributed by atoms with Gasteiger partial charge >= 0.3 is 0 Å². The first-order chi connectivity index (χ1) is 7.12. The number of sulfonamides is 1. The van der Waals surface area contributed by atoms with Crippen molar-refractivity contribution in [2.24, 2.45) is 0 Å². The molecule has 0 radical (unpaired) electrons. The van der Waals surface area contributed by atoms with Crippen LogP contribution in [0.15, 0.2) is 27.8 Å². The van der Waals surface area contributed by atoms with Gasteiger partial charge < -0.3 is 0 Å². The zero-order valence-electron chi connectivity index (χ0n) is 8.06. The molecule has 2 rings (SSSR count). The standard InChI is InChI=1S/C9H11BrN2O2S/c10-8-4-3-5-11-9(8)15(13,14)12-6-1-2-7-12/h3-5H,1-2,6-7H2. The van der Waals surface area contributed by atoms with Crippen molar-refractivity contribution in [3.05, 3.63) is 22.8 Å². The summed E-state index contributed by atoms with van der Waals surface area (Å²) in [6, 6.07) is 3.39. The van der Waals surface area contributed by atoms with E-state index in [0.29, 0.717) is 17.6 Å². The third kappa shape index (κ3) is 2.07. The summed E-state index contributed by atoms with van der Waals surface area (Å²) < 4.78 is 26.2. The molecule has 1 aliphatic heterocycles. The van der Waals surface area contributed by atoms with Crippen LogP contribution in [0.5, 0.6) is 0 Å². The van der Waals surface area contributed by atoms with Crippen LogP contribution in [0.25, 0.3) is 0 Å². The zero-order valence-corrected chi connectivity index (χ0v) is 10.5. The number of halogens is 1. The highest BCUT2D eigenvalue weighted by Gasteiger charge is 2.29. The van der Waals surface area contributed by atoms with Crippen LogP contribution in [0.1, 0.15) is 12.8 Å². The molecule has 2 heterocycles. The molecule has 0 N–H and O–H groups in total. The second kappa shape index (κ2) is 4.19. The molecular weight excluding hydrogens is 280 g/mol. The van der Waals surface area contributed by atoms with Gasteiger partial charge in [-0.15, -0.1) is 0 Å². The smallest absolute Gasteiger partial charge is 0.242 e. The maximum absolute atomic E-state index is 12.1. The van der Waals surface area contributed by atoms with E-state index < -0.39 is 10.0 Å². The van der Waals surface area contributed by atoms with Crippen molar-refractivity contribution in [1.82, 2.24) is 9.29 Å². The predicted octanol–water partition coefficient (Wildman–Crippen LogP) is 1.63. The van der Waals surface area contributed by atoms with Gasteiger partial charge in [0.1, 0.15) is 0 Å². The van der Waals surface area contributed by atoms with Crippen LogP contribution in [0.4, 0.5) is 0 Å². The van der Waals surface area contributed by atoms with Crippen LogP contribution in [-0.2, 0) is 10.0 Å². The Balaban J connectivity index is 2.41. The maximum Gasteiger partial charge on any atom is 0.261 e. The van der Waals surface area contributed by atoms with E-state index in [4.69, 9.17) is 0 Å². The molecule has 0 atom stereocenters. The lowest BCUT2D eigenvalue weighted by molar-refractivity contribution is 0.474. The lowest BCUT2D eigenvalue weighted by Crippen LogP contribution is -2.28. The van der Waals surface area contributed by atoms with Gasteiger partial charge in [-0.1, -0.05) is 0 Å². The summed E-state index contributed by atoms with van der Waals surface area (Å²) in [7, 11) is -3.39. The topological polar surface area (TPSA) is 50.3 Å². The van der Waals surface area contributed by atoms with Crippen LogP contribution in [0.3, 0.4) is 0 Å². The Labute approximate surface area is 97.5 Å². The maximum atomic E-state index is 12.1. The molecule has 0 aromatic carbocycles. The van der Waals surface area contributed by atoms with Crippen molar-refractivity contribution in [2.75, 3.05) is 13.1 Å². The Morgan fingerprint density at radius 2 is 2.00 bits per heavy atom. The highest BCUT2D eigenvalue weighted by atomic mass is 79.9. The first kappa shape index (κ1) is 11.0. The van der Waals surface area contributed by atoms with Crippen molar-refractivity contribution in [2.45, 2.75) is 17.9 Å². The molecule has 0 unspecified atom stereocenters. The first-order valence-electron chi connectivity index (χ1n) is 4.73. The summed E-state index contributed by atoms with van der Waals surface area (Å²) >= 11 is 3.21. The van der Waals surface area contributed by atoms with E-state index in [2.05, 4.69) is 20.9 Å². The molecule has 0 saturated carbocycles. The van der Waals surface area contributed by atoms with Gasteiger partial charge in [0.15, 0.2) is 5.03 Å². The Bertz CT molecular complexity index is 455. The Hall–Kier alpha value is -0.460.